The number of anilines is 1. The maximum absolute atomic E-state index is 11.7. The first-order valence-electron chi connectivity index (χ1n) is 6.46. The minimum absolute atomic E-state index is 0.137. The van der Waals surface area contributed by atoms with Gasteiger partial charge in [0.1, 0.15) is 0 Å². The number of aromatic nitrogens is 2. The number of aryl methyl sites for hydroxylation is 1. The number of carbonyl (C=O) groups excluding carboxylic acids is 1. The summed E-state index contributed by atoms with van der Waals surface area (Å²) in [6, 6.07) is 5.86. The van der Waals surface area contributed by atoms with Gasteiger partial charge >= 0.3 is 0 Å². The number of rotatable bonds is 2. The topological polar surface area (TPSA) is 46.1 Å². The Morgan fingerprint density at radius 3 is 2.95 bits per heavy atom. The van der Waals surface area contributed by atoms with E-state index in [1.807, 2.05) is 18.2 Å². The van der Waals surface area contributed by atoms with Crippen LogP contribution in [0, 0.1) is 0 Å². The number of hydrogen-bond acceptors (Lipinski definition) is 3. The molecular weight excluding hydrogens is 274 g/mol. The highest BCUT2D eigenvalue weighted by atomic mass is 35.5. The Morgan fingerprint density at radius 2 is 2.15 bits per heavy atom. The highest BCUT2D eigenvalue weighted by Gasteiger charge is 2.22. The summed E-state index contributed by atoms with van der Waals surface area (Å²) in [6.45, 7) is 0. The molecule has 2 aromatic rings. The van der Waals surface area contributed by atoms with Crippen LogP contribution in [0.5, 0.6) is 0 Å². The summed E-state index contributed by atoms with van der Waals surface area (Å²) in [4.78, 5) is 22.2. The fourth-order valence-corrected chi connectivity index (χ4v) is 2.52. The Labute approximate surface area is 122 Å². The first-order valence-corrected chi connectivity index (χ1v) is 6.99. The van der Waals surface area contributed by atoms with Crippen molar-refractivity contribution in [2.45, 2.75) is 18.7 Å². The zero-order valence-corrected chi connectivity index (χ0v) is 11.9. The fraction of sp³-hybridized carbons (Fsp3) is 0.267. The third-order valence-electron chi connectivity index (χ3n) is 3.51. The Bertz CT molecular complexity index is 672. The molecule has 3 rings (SSSR count). The molecule has 1 aliphatic heterocycles. The number of alkyl halides is 1. The van der Waals surface area contributed by atoms with E-state index in [0.29, 0.717) is 18.7 Å². The predicted octanol–water partition coefficient (Wildman–Crippen LogP) is 2.79. The zero-order chi connectivity index (χ0) is 14.1. The van der Waals surface area contributed by atoms with Crippen molar-refractivity contribution in [3.05, 3.63) is 41.9 Å². The molecule has 20 heavy (non-hydrogen) atoms. The van der Waals surface area contributed by atoms with Crippen molar-refractivity contribution in [3.8, 4) is 11.3 Å². The van der Waals surface area contributed by atoms with Crippen LogP contribution in [0.1, 0.15) is 17.7 Å². The number of carbonyl (C=O) groups is 1. The van der Waals surface area contributed by atoms with Gasteiger partial charge in [-0.2, -0.15) is 0 Å². The first-order chi connectivity index (χ1) is 9.69. The minimum atomic E-state index is 0.137. The lowest BCUT2D eigenvalue weighted by Gasteiger charge is -2.25. The second-order valence-electron chi connectivity index (χ2n) is 4.83. The van der Waals surface area contributed by atoms with Crippen LogP contribution in [0.15, 0.2) is 30.6 Å². The molecular formula is C15H14ClN3O. The van der Waals surface area contributed by atoms with Gasteiger partial charge in [-0.15, -0.1) is 11.6 Å². The maximum atomic E-state index is 11.7. The Balaban J connectivity index is 2.02. The van der Waals surface area contributed by atoms with E-state index in [-0.39, 0.29) is 5.91 Å². The van der Waals surface area contributed by atoms with Crippen molar-refractivity contribution in [1.82, 2.24) is 9.97 Å². The van der Waals surface area contributed by atoms with Crippen LogP contribution in [-0.2, 0) is 17.1 Å². The van der Waals surface area contributed by atoms with E-state index in [4.69, 9.17) is 11.6 Å². The van der Waals surface area contributed by atoms with Gasteiger partial charge in [0.25, 0.3) is 0 Å². The van der Waals surface area contributed by atoms with E-state index in [1.165, 1.54) is 0 Å². The van der Waals surface area contributed by atoms with E-state index in [9.17, 15) is 4.79 Å². The average Bonchev–Trinajstić information content (AvgIpc) is 2.51. The van der Waals surface area contributed by atoms with Crippen molar-refractivity contribution >= 4 is 23.2 Å². The largest absolute Gasteiger partial charge is 0.314 e. The molecule has 0 aromatic carbocycles. The van der Waals surface area contributed by atoms with E-state index in [1.54, 1.807) is 24.3 Å². The minimum Gasteiger partial charge on any atom is -0.314 e. The molecule has 0 unspecified atom stereocenters. The summed E-state index contributed by atoms with van der Waals surface area (Å²) >= 11 is 5.83. The van der Waals surface area contributed by atoms with Crippen molar-refractivity contribution in [2.75, 3.05) is 11.9 Å². The molecule has 0 saturated carbocycles. The van der Waals surface area contributed by atoms with Crippen LogP contribution in [0.25, 0.3) is 11.3 Å². The van der Waals surface area contributed by atoms with Crippen LogP contribution in [0.3, 0.4) is 0 Å². The van der Waals surface area contributed by atoms with Gasteiger partial charge in [-0.1, -0.05) is 0 Å². The lowest BCUT2D eigenvalue weighted by molar-refractivity contribution is -0.118. The van der Waals surface area contributed by atoms with Gasteiger partial charge in [-0.3, -0.25) is 14.8 Å². The van der Waals surface area contributed by atoms with E-state index in [0.717, 1.165) is 28.2 Å². The van der Waals surface area contributed by atoms with Crippen LogP contribution in [-0.4, -0.2) is 22.9 Å². The molecule has 4 nitrogen and oxygen atoms in total. The molecule has 1 amide bonds. The Kier molecular flexibility index (Phi) is 3.40. The first kappa shape index (κ1) is 13.1. The summed E-state index contributed by atoms with van der Waals surface area (Å²) in [5, 5.41) is 0. The summed E-state index contributed by atoms with van der Waals surface area (Å²) < 4.78 is 0. The van der Waals surface area contributed by atoms with Crippen molar-refractivity contribution in [1.29, 1.82) is 0 Å². The van der Waals surface area contributed by atoms with Crippen LogP contribution < -0.4 is 4.90 Å². The quantitative estimate of drug-likeness (QED) is 0.798. The van der Waals surface area contributed by atoms with Gasteiger partial charge in [0.05, 0.1) is 17.1 Å². The molecule has 102 valence electrons. The summed E-state index contributed by atoms with van der Waals surface area (Å²) in [5.74, 6) is 0.570. The lowest BCUT2D eigenvalue weighted by atomic mass is 10.1. The molecule has 0 spiro atoms. The molecule has 0 N–H and O–H groups in total. The van der Waals surface area contributed by atoms with Gasteiger partial charge in [0.15, 0.2) is 0 Å². The average molecular weight is 288 g/mol. The Morgan fingerprint density at radius 1 is 1.30 bits per heavy atom. The summed E-state index contributed by atoms with van der Waals surface area (Å²) in [6.07, 6.45) is 4.73. The smallest absolute Gasteiger partial charge is 0.227 e. The lowest BCUT2D eigenvalue weighted by Crippen LogP contribution is -2.31. The van der Waals surface area contributed by atoms with E-state index >= 15 is 0 Å². The van der Waals surface area contributed by atoms with Crippen molar-refractivity contribution in [3.63, 3.8) is 0 Å². The summed E-state index contributed by atoms with van der Waals surface area (Å²) in [7, 11) is 1.79. The van der Waals surface area contributed by atoms with Gasteiger partial charge in [0, 0.05) is 43.7 Å². The monoisotopic (exact) mass is 287 g/mol. The number of hydrogen-bond donors (Lipinski definition) is 0. The maximum Gasteiger partial charge on any atom is 0.227 e. The van der Waals surface area contributed by atoms with Gasteiger partial charge in [-0.25, -0.2) is 0 Å². The van der Waals surface area contributed by atoms with E-state index in [2.05, 4.69) is 9.97 Å². The normalized spacial score (nSPS) is 14.3. The molecule has 0 bridgehead atoms. The zero-order valence-electron chi connectivity index (χ0n) is 11.1. The molecule has 0 saturated heterocycles. The van der Waals surface area contributed by atoms with Crippen molar-refractivity contribution in [2.24, 2.45) is 0 Å². The third-order valence-corrected chi connectivity index (χ3v) is 3.81. The number of fused-ring (bicyclic) bond motifs is 1. The predicted molar refractivity (Wildman–Crippen MR) is 78.8 cm³/mol. The standard InChI is InChI=1S/C15H14ClN3O/c1-19-14-4-2-12(18-13(14)3-5-15(19)20)11-6-10(7-16)8-17-9-11/h2,4,6,8-9H,3,5,7H2,1H3. The van der Waals surface area contributed by atoms with Crippen LogP contribution in [0.4, 0.5) is 5.69 Å². The number of halogens is 1. The number of pyridine rings is 2. The second-order valence-corrected chi connectivity index (χ2v) is 5.10. The van der Waals surface area contributed by atoms with Crippen LogP contribution >= 0.6 is 11.6 Å². The molecule has 0 aliphatic carbocycles. The molecule has 0 atom stereocenters. The molecule has 5 heteroatoms. The van der Waals surface area contributed by atoms with Gasteiger partial charge in [0.2, 0.25) is 5.91 Å². The second kappa shape index (κ2) is 5.21. The SMILES string of the molecule is CN1C(=O)CCc2nc(-c3cncc(CCl)c3)ccc21. The van der Waals surface area contributed by atoms with E-state index < -0.39 is 0 Å². The fourth-order valence-electron chi connectivity index (χ4n) is 2.37. The molecule has 0 radical (unpaired) electrons. The summed E-state index contributed by atoms with van der Waals surface area (Å²) in [5.41, 5.74) is 4.64. The highest BCUT2D eigenvalue weighted by Crippen LogP contribution is 2.28. The van der Waals surface area contributed by atoms with Gasteiger partial charge < -0.3 is 4.90 Å². The molecule has 1 aliphatic rings. The third kappa shape index (κ3) is 2.27. The molecule has 0 fully saturated rings. The molecule has 2 aromatic heterocycles. The highest BCUT2D eigenvalue weighted by molar-refractivity contribution is 6.17. The number of amides is 1. The number of nitrogens with zero attached hydrogens (tertiary/aromatic N) is 3. The Hall–Kier alpha value is -1.94. The molecule has 3 heterocycles. The van der Waals surface area contributed by atoms with Crippen molar-refractivity contribution < 1.29 is 4.79 Å². The van der Waals surface area contributed by atoms with Gasteiger partial charge in [-0.05, 0) is 23.8 Å². The van der Waals surface area contributed by atoms with Crippen LogP contribution in [0.2, 0.25) is 0 Å².